The minimum atomic E-state index is -0.151. The van der Waals surface area contributed by atoms with Gasteiger partial charge in [0, 0.05) is 19.0 Å². The lowest BCUT2D eigenvalue weighted by Gasteiger charge is -2.13. The van der Waals surface area contributed by atoms with Gasteiger partial charge in [-0.05, 0) is 102 Å². The maximum Gasteiger partial charge on any atom is 0.307 e. The number of carbonyl (C=O) groups excluding carboxylic acids is 1. The molecule has 0 atom stereocenters. The molecule has 302 valence electrons. The average molecular weight is 736 g/mol. The third kappa shape index (κ3) is 33.5. The Hall–Kier alpha value is -2.79. The summed E-state index contributed by atoms with van der Waals surface area (Å²) in [5.41, 5.74) is 1.08. The first kappa shape index (κ1) is 48.2. The van der Waals surface area contributed by atoms with E-state index in [9.17, 15) is 4.79 Å². The molecule has 0 amide bonds. The Kier molecular flexibility index (Phi) is 34.1. The molecule has 0 saturated heterocycles. The third-order valence-corrected chi connectivity index (χ3v) is 9.33. The van der Waals surface area contributed by atoms with E-state index in [4.69, 9.17) is 14.2 Å². The quantitative estimate of drug-likeness (QED) is 0.0387. The summed E-state index contributed by atoms with van der Waals surface area (Å²) < 4.78 is 17.9. The molecule has 1 aromatic carbocycles. The van der Waals surface area contributed by atoms with Crippen molar-refractivity contribution in [1.82, 2.24) is 4.90 Å². The number of benzene rings is 1. The van der Waals surface area contributed by atoms with Crippen LogP contribution in [0.3, 0.4) is 0 Å². The van der Waals surface area contributed by atoms with Crippen molar-refractivity contribution in [1.29, 1.82) is 0 Å². The van der Waals surface area contributed by atoms with Crippen LogP contribution in [0.2, 0.25) is 0 Å². The lowest BCUT2D eigenvalue weighted by atomic mass is 10.1. The first-order chi connectivity index (χ1) is 26.0. The summed E-state index contributed by atoms with van der Waals surface area (Å²) in [6, 6.07) is 6.18. The van der Waals surface area contributed by atoms with Crippen molar-refractivity contribution in [2.45, 2.75) is 174 Å². The predicted octanol–water partition coefficient (Wildman–Crippen LogP) is 13.7. The molecule has 0 aliphatic heterocycles. The Bertz CT molecular complexity index is 1090. The van der Waals surface area contributed by atoms with Crippen molar-refractivity contribution in [2.24, 2.45) is 0 Å². The molecule has 0 saturated carbocycles. The van der Waals surface area contributed by atoms with Gasteiger partial charge in [-0.2, -0.15) is 0 Å². The minimum Gasteiger partial charge on any atom is -0.493 e. The summed E-state index contributed by atoms with van der Waals surface area (Å²) in [6.45, 7) is 6.99. The fraction of sp³-hybridized carbons (Fsp3) is 0.688. The number of ether oxygens (including phenoxy) is 3. The second-order valence-electron chi connectivity index (χ2n) is 14.8. The molecular weight excluding hydrogens is 655 g/mol. The van der Waals surface area contributed by atoms with E-state index in [0.29, 0.717) is 39.2 Å². The molecule has 1 aromatic rings. The Labute approximate surface area is 327 Å². The number of hydrogen-bond acceptors (Lipinski definition) is 5. The first-order valence-electron chi connectivity index (χ1n) is 21.8. The number of rotatable bonds is 37. The monoisotopic (exact) mass is 736 g/mol. The van der Waals surface area contributed by atoms with Crippen LogP contribution in [-0.4, -0.2) is 51.3 Å². The Balaban J connectivity index is 2.33. The Morgan fingerprint density at radius 1 is 0.528 bits per heavy atom. The molecule has 53 heavy (non-hydrogen) atoms. The molecule has 5 nitrogen and oxygen atoms in total. The summed E-state index contributed by atoms with van der Waals surface area (Å²) in [6.07, 6.45) is 47.9. The van der Waals surface area contributed by atoms with Crippen molar-refractivity contribution in [3.63, 3.8) is 0 Å². The summed E-state index contributed by atoms with van der Waals surface area (Å²) >= 11 is 0. The molecule has 0 aliphatic carbocycles. The second kappa shape index (κ2) is 37.5. The van der Waals surface area contributed by atoms with Gasteiger partial charge in [0.15, 0.2) is 0 Å². The minimum absolute atomic E-state index is 0.151. The zero-order chi connectivity index (χ0) is 38.3. The van der Waals surface area contributed by atoms with E-state index in [2.05, 4.69) is 74.6 Å². The maximum absolute atomic E-state index is 12.1. The maximum atomic E-state index is 12.1. The zero-order valence-corrected chi connectivity index (χ0v) is 34.9. The number of unbranched alkanes of at least 4 members (excludes halogenated alkanes) is 17. The van der Waals surface area contributed by atoms with E-state index >= 15 is 0 Å². The van der Waals surface area contributed by atoms with Gasteiger partial charge in [0.05, 0.1) is 26.2 Å². The van der Waals surface area contributed by atoms with Gasteiger partial charge in [-0.25, -0.2) is 0 Å². The van der Waals surface area contributed by atoms with Crippen LogP contribution in [0.25, 0.3) is 0 Å². The molecule has 0 heterocycles. The first-order valence-corrected chi connectivity index (χ1v) is 21.8. The summed E-state index contributed by atoms with van der Waals surface area (Å²) in [4.78, 5) is 14.1. The van der Waals surface area contributed by atoms with Gasteiger partial charge in [0.25, 0.3) is 0 Å². The van der Waals surface area contributed by atoms with Gasteiger partial charge in [-0.3, -0.25) is 4.79 Å². The molecule has 0 unspecified atom stereocenters. The molecule has 0 aliphatic rings. The molecule has 0 radical (unpaired) electrons. The number of carbonyl (C=O) groups is 1. The van der Waals surface area contributed by atoms with Gasteiger partial charge in [0.1, 0.15) is 11.5 Å². The Morgan fingerprint density at radius 2 is 0.962 bits per heavy atom. The van der Waals surface area contributed by atoms with Crippen LogP contribution >= 0.6 is 0 Å². The van der Waals surface area contributed by atoms with E-state index in [-0.39, 0.29) is 5.97 Å². The van der Waals surface area contributed by atoms with E-state index < -0.39 is 0 Å². The molecule has 0 bridgehead atoms. The van der Waals surface area contributed by atoms with Gasteiger partial charge < -0.3 is 19.1 Å². The van der Waals surface area contributed by atoms with Crippen LogP contribution in [-0.2, 0) is 16.0 Å². The van der Waals surface area contributed by atoms with Crippen molar-refractivity contribution in [3.05, 3.63) is 72.4 Å². The standard InChI is InChI=1S/C48H81NO4/c1-5-7-9-11-13-15-17-19-21-23-25-27-29-31-33-35-40-52-47-43-45(37-41-53-48(50)36-38-49(3)4)42-46(44-47)51-39-34-32-30-28-26-24-22-20-18-16-14-12-10-8-6-2/h12-15,18-21,42-44H,5-11,16-17,22-41H2,1-4H3/b14-12-,15-13-,20-18-,21-19-. The average Bonchev–Trinajstić information content (AvgIpc) is 3.15. The molecule has 0 N–H and O–H groups in total. The number of nitrogens with zero attached hydrogens (tertiary/aromatic N) is 1. The van der Waals surface area contributed by atoms with E-state index in [0.717, 1.165) is 42.7 Å². The van der Waals surface area contributed by atoms with Gasteiger partial charge >= 0.3 is 5.97 Å². The van der Waals surface area contributed by atoms with Crippen molar-refractivity contribution >= 4 is 5.97 Å². The zero-order valence-electron chi connectivity index (χ0n) is 34.9. The number of esters is 1. The van der Waals surface area contributed by atoms with Gasteiger partial charge in [-0.1, -0.05) is 140 Å². The predicted molar refractivity (Wildman–Crippen MR) is 229 cm³/mol. The van der Waals surface area contributed by atoms with E-state index in [1.165, 1.54) is 122 Å². The summed E-state index contributed by atoms with van der Waals surface area (Å²) in [7, 11) is 3.93. The van der Waals surface area contributed by atoms with E-state index in [1.54, 1.807) is 0 Å². The van der Waals surface area contributed by atoms with Crippen LogP contribution in [0.15, 0.2) is 66.8 Å². The summed E-state index contributed by atoms with van der Waals surface area (Å²) in [5.74, 6) is 1.54. The highest BCUT2D eigenvalue weighted by Crippen LogP contribution is 2.25. The lowest BCUT2D eigenvalue weighted by molar-refractivity contribution is -0.143. The molecule has 0 spiro atoms. The topological polar surface area (TPSA) is 48.0 Å². The second-order valence-corrected chi connectivity index (χ2v) is 14.8. The molecule has 0 fully saturated rings. The third-order valence-electron chi connectivity index (χ3n) is 9.33. The molecular formula is C48H81NO4. The van der Waals surface area contributed by atoms with Crippen LogP contribution in [0, 0.1) is 0 Å². The Morgan fingerprint density at radius 3 is 1.43 bits per heavy atom. The highest BCUT2D eigenvalue weighted by atomic mass is 16.5. The summed E-state index contributed by atoms with van der Waals surface area (Å²) in [5, 5.41) is 0. The SMILES string of the molecule is CCCC/C=C\C/C=C\CCCCCCCCOc1cc(CCOC(=O)CCN(C)C)cc(OCCCCCCCC/C=C\C/C=C\CCCCC)c1. The van der Waals surface area contributed by atoms with Crippen LogP contribution < -0.4 is 9.47 Å². The lowest BCUT2D eigenvalue weighted by Crippen LogP contribution is -2.18. The highest BCUT2D eigenvalue weighted by molar-refractivity contribution is 5.69. The molecule has 1 rings (SSSR count). The normalized spacial score (nSPS) is 12.0. The van der Waals surface area contributed by atoms with Crippen molar-refractivity contribution in [2.75, 3.05) is 40.5 Å². The molecule has 0 aromatic heterocycles. The highest BCUT2D eigenvalue weighted by Gasteiger charge is 2.08. The van der Waals surface area contributed by atoms with Crippen LogP contribution in [0.4, 0.5) is 0 Å². The van der Waals surface area contributed by atoms with E-state index in [1.807, 2.05) is 25.1 Å². The number of hydrogen-bond donors (Lipinski definition) is 0. The fourth-order valence-corrected chi connectivity index (χ4v) is 5.98. The fourth-order valence-electron chi connectivity index (χ4n) is 5.98. The smallest absolute Gasteiger partial charge is 0.307 e. The van der Waals surface area contributed by atoms with Gasteiger partial charge in [0.2, 0.25) is 0 Å². The van der Waals surface area contributed by atoms with Crippen molar-refractivity contribution < 1.29 is 19.0 Å². The molecule has 5 heteroatoms. The van der Waals surface area contributed by atoms with Gasteiger partial charge in [-0.15, -0.1) is 0 Å². The number of allylic oxidation sites excluding steroid dienone is 8. The van der Waals surface area contributed by atoms with Crippen LogP contribution in [0.1, 0.15) is 174 Å². The van der Waals surface area contributed by atoms with Crippen molar-refractivity contribution in [3.8, 4) is 11.5 Å². The largest absolute Gasteiger partial charge is 0.493 e. The van der Waals surface area contributed by atoms with Crippen LogP contribution in [0.5, 0.6) is 11.5 Å².